The lowest BCUT2D eigenvalue weighted by molar-refractivity contribution is -0.131. The standard InChI is InChI=1S/C11H21N3O2/c12-9-11(2-1-3-11)8-10(15)13-14-4-6-16-7-5-14/h1-9,12H2,(H,13,15). The molecule has 0 spiro atoms. The van der Waals surface area contributed by atoms with Crippen molar-refractivity contribution < 1.29 is 9.53 Å². The van der Waals surface area contributed by atoms with Gasteiger partial charge in [0.05, 0.1) is 13.2 Å². The van der Waals surface area contributed by atoms with E-state index >= 15 is 0 Å². The largest absolute Gasteiger partial charge is 0.379 e. The van der Waals surface area contributed by atoms with Crippen LogP contribution in [0.15, 0.2) is 0 Å². The number of carbonyl (C=O) groups is 1. The van der Waals surface area contributed by atoms with Gasteiger partial charge in [-0.2, -0.15) is 0 Å². The average Bonchev–Trinajstić information content (AvgIpc) is 2.25. The van der Waals surface area contributed by atoms with E-state index in [1.807, 2.05) is 5.01 Å². The molecule has 1 aliphatic carbocycles. The molecule has 0 aromatic carbocycles. The van der Waals surface area contributed by atoms with Gasteiger partial charge in [-0.1, -0.05) is 6.42 Å². The van der Waals surface area contributed by atoms with Gasteiger partial charge in [-0.25, -0.2) is 5.01 Å². The number of nitrogens with two attached hydrogens (primary N) is 1. The van der Waals surface area contributed by atoms with E-state index in [0.29, 0.717) is 26.2 Å². The molecule has 1 heterocycles. The van der Waals surface area contributed by atoms with E-state index in [2.05, 4.69) is 5.43 Å². The van der Waals surface area contributed by atoms with Crippen LogP contribution in [0.1, 0.15) is 25.7 Å². The van der Waals surface area contributed by atoms with Gasteiger partial charge in [0.25, 0.3) is 0 Å². The van der Waals surface area contributed by atoms with Gasteiger partial charge in [0.2, 0.25) is 5.91 Å². The summed E-state index contributed by atoms with van der Waals surface area (Å²) in [6, 6.07) is 0. The smallest absolute Gasteiger partial charge is 0.234 e. The molecular weight excluding hydrogens is 206 g/mol. The number of hydrogen-bond acceptors (Lipinski definition) is 4. The van der Waals surface area contributed by atoms with Crippen molar-refractivity contribution in [2.45, 2.75) is 25.7 Å². The molecule has 0 atom stereocenters. The summed E-state index contributed by atoms with van der Waals surface area (Å²) >= 11 is 0. The Morgan fingerprint density at radius 2 is 2.06 bits per heavy atom. The number of hydrogen-bond donors (Lipinski definition) is 2. The summed E-state index contributed by atoms with van der Waals surface area (Å²) in [6.45, 7) is 3.58. The number of morpholine rings is 1. The minimum atomic E-state index is 0.0936. The molecule has 0 unspecified atom stereocenters. The van der Waals surface area contributed by atoms with Crippen molar-refractivity contribution in [2.24, 2.45) is 11.1 Å². The van der Waals surface area contributed by atoms with E-state index in [-0.39, 0.29) is 11.3 Å². The van der Waals surface area contributed by atoms with E-state index in [4.69, 9.17) is 10.5 Å². The van der Waals surface area contributed by atoms with Crippen LogP contribution in [0.5, 0.6) is 0 Å². The maximum absolute atomic E-state index is 11.8. The highest BCUT2D eigenvalue weighted by atomic mass is 16.5. The number of rotatable bonds is 4. The van der Waals surface area contributed by atoms with Crippen LogP contribution in [0.25, 0.3) is 0 Å². The fraction of sp³-hybridized carbons (Fsp3) is 0.909. The van der Waals surface area contributed by atoms with Crippen LogP contribution in [0, 0.1) is 5.41 Å². The lowest BCUT2D eigenvalue weighted by Crippen LogP contribution is -2.50. The predicted molar refractivity (Wildman–Crippen MR) is 60.5 cm³/mol. The summed E-state index contributed by atoms with van der Waals surface area (Å²) in [5.41, 5.74) is 8.77. The average molecular weight is 227 g/mol. The summed E-state index contributed by atoms with van der Waals surface area (Å²) in [6.07, 6.45) is 3.98. The third kappa shape index (κ3) is 2.72. The number of hydrazine groups is 1. The number of ether oxygens (including phenoxy) is 1. The molecule has 92 valence electrons. The van der Waals surface area contributed by atoms with Crippen molar-refractivity contribution in [1.82, 2.24) is 10.4 Å². The Hall–Kier alpha value is -0.650. The quantitative estimate of drug-likeness (QED) is 0.702. The molecule has 1 saturated heterocycles. The van der Waals surface area contributed by atoms with Gasteiger partial charge >= 0.3 is 0 Å². The second-order valence-corrected chi connectivity index (χ2v) is 4.87. The Kier molecular flexibility index (Phi) is 3.78. The maximum atomic E-state index is 11.8. The third-order valence-corrected chi connectivity index (χ3v) is 3.68. The van der Waals surface area contributed by atoms with Crippen LogP contribution in [0.3, 0.4) is 0 Å². The van der Waals surface area contributed by atoms with Crippen LogP contribution >= 0.6 is 0 Å². The summed E-state index contributed by atoms with van der Waals surface area (Å²) in [5.74, 6) is 0.104. The van der Waals surface area contributed by atoms with Gasteiger partial charge in [-0.15, -0.1) is 0 Å². The van der Waals surface area contributed by atoms with E-state index in [0.717, 1.165) is 25.9 Å². The van der Waals surface area contributed by atoms with Gasteiger partial charge in [-0.05, 0) is 24.8 Å². The summed E-state index contributed by atoms with van der Waals surface area (Å²) in [5, 5.41) is 1.94. The molecule has 3 N–H and O–H groups in total. The molecular formula is C11H21N3O2. The highest BCUT2D eigenvalue weighted by Crippen LogP contribution is 2.42. The molecule has 1 aliphatic heterocycles. The predicted octanol–water partition coefficient (Wildman–Crippen LogP) is -0.131. The van der Waals surface area contributed by atoms with Crippen LogP contribution in [0.4, 0.5) is 0 Å². The summed E-state index contributed by atoms with van der Waals surface area (Å²) in [7, 11) is 0. The van der Waals surface area contributed by atoms with Crippen LogP contribution in [-0.2, 0) is 9.53 Å². The Bertz CT molecular complexity index is 242. The zero-order chi connectivity index (χ0) is 11.4. The molecule has 0 aromatic heterocycles. The summed E-state index contributed by atoms with van der Waals surface area (Å²) in [4.78, 5) is 11.8. The topological polar surface area (TPSA) is 67.6 Å². The van der Waals surface area contributed by atoms with Crippen molar-refractivity contribution in [1.29, 1.82) is 0 Å². The minimum Gasteiger partial charge on any atom is -0.379 e. The van der Waals surface area contributed by atoms with Crippen molar-refractivity contribution in [3.63, 3.8) is 0 Å². The second kappa shape index (κ2) is 5.12. The van der Waals surface area contributed by atoms with E-state index in [1.54, 1.807) is 0 Å². The normalized spacial score (nSPS) is 24.8. The first-order chi connectivity index (χ1) is 7.74. The van der Waals surface area contributed by atoms with Gasteiger partial charge in [0.15, 0.2) is 0 Å². The zero-order valence-corrected chi connectivity index (χ0v) is 9.71. The molecule has 0 radical (unpaired) electrons. The van der Waals surface area contributed by atoms with Gasteiger partial charge in [0.1, 0.15) is 0 Å². The minimum absolute atomic E-state index is 0.0936. The number of nitrogens with zero attached hydrogens (tertiary/aromatic N) is 1. The SMILES string of the molecule is NCC1(CC(=O)NN2CCOCC2)CCC1. The molecule has 2 rings (SSSR count). The van der Waals surface area contributed by atoms with Crippen molar-refractivity contribution in [3.8, 4) is 0 Å². The van der Waals surface area contributed by atoms with Gasteiger partial charge < -0.3 is 10.5 Å². The van der Waals surface area contributed by atoms with Gasteiger partial charge in [-0.3, -0.25) is 10.2 Å². The van der Waals surface area contributed by atoms with Crippen LogP contribution < -0.4 is 11.2 Å². The van der Waals surface area contributed by atoms with E-state index < -0.39 is 0 Å². The zero-order valence-electron chi connectivity index (χ0n) is 9.71. The van der Waals surface area contributed by atoms with Crippen molar-refractivity contribution >= 4 is 5.91 Å². The molecule has 5 heteroatoms. The van der Waals surface area contributed by atoms with Crippen LogP contribution in [-0.4, -0.2) is 43.8 Å². The maximum Gasteiger partial charge on any atom is 0.234 e. The summed E-state index contributed by atoms with van der Waals surface area (Å²) < 4.78 is 5.22. The molecule has 0 aromatic rings. The Labute approximate surface area is 96.3 Å². The third-order valence-electron chi connectivity index (χ3n) is 3.68. The molecule has 1 saturated carbocycles. The van der Waals surface area contributed by atoms with Crippen molar-refractivity contribution in [3.05, 3.63) is 0 Å². The number of nitrogens with one attached hydrogen (secondary N) is 1. The van der Waals surface area contributed by atoms with Gasteiger partial charge in [0, 0.05) is 19.5 Å². The number of carbonyl (C=O) groups excluding carboxylic acids is 1. The lowest BCUT2D eigenvalue weighted by Gasteiger charge is -2.41. The first-order valence-corrected chi connectivity index (χ1v) is 6.06. The van der Waals surface area contributed by atoms with E-state index in [1.165, 1.54) is 6.42 Å². The molecule has 2 aliphatic rings. The first-order valence-electron chi connectivity index (χ1n) is 6.06. The first kappa shape index (κ1) is 11.8. The monoisotopic (exact) mass is 227 g/mol. The highest BCUT2D eigenvalue weighted by molar-refractivity contribution is 5.76. The molecule has 1 amide bonds. The fourth-order valence-electron chi connectivity index (χ4n) is 2.36. The van der Waals surface area contributed by atoms with E-state index in [9.17, 15) is 4.79 Å². The Balaban J connectivity index is 1.74. The Morgan fingerprint density at radius 3 is 2.56 bits per heavy atom. The fourth-order valence-corrected chi connectivity index (χ4v) is 2.36. The van der Waals surface area contributed by atoms with Crippen LogP contribution in [0.2, 0.25) is 0 Å². The molecule has 16 heavy (non-hydrogen) atoms. The molecule has 0 bridgehead atoms. The highest BCUT2D eigenvalue weighted by Gasteiger charge is 2.37. The number of amides is 1. The second-order valence-electron chi connectivity index (χ2n) is 4.87. The lowest BCUT2D eigenvalue weighted by atomic mass is 9.66. The Morgan fingerprint density at radius 1 is 1.38 bits per heavy atom. The van der Waals surface area contributed by atoms with Crippen molar-refractivity contribution in [2.75, 3.05) is 32.8 Å². The molecule has 5 nitrogen and oxygen atoms in total. The molecule has 2 fully saturated rings.